The van der Waals surface area contributed by atoms with Gasteiger partial charge in [0.1, 0.15) is 5.69 Å². The number of carbonyl (C=O) groups is 3. The lowest BCUT2D eigenvalue weighted by Crippen LogP contribution is -2.17. The zero-order chi connectivity index (χ0) is 20.8. The molecule has 29 heavy (non-hydrogen) atoms. The summed E-state index contributed by atoms with van der Waals surface area (Å²) in [6.45, 7) is 3.52. The van der Waals surface area contributed by atoms with Crippen LogP contribution in [0.5, 0.6) is 0 Å². The Morgan fingerprint density at radius 1 is 0.828 bits per heavy atom. The van der Waals surface area contributed by atoms with E-state index in [9.17, 15) is 14.4 Å². The molecule has 2 N–H and O–H groups in total. The molecule has 3 aromatic rings. The number of carbonyl (C=O) groups excluding carboxylic acids is 3. The molecule has 0 aliphatic heterocycles. The van der Waals surface area contributed by atoms with Crippen LogP contribution in [-0.4, -0.2) is 22.6 Å². The molecule has 6 nitrogen and oxygen atoms in total. The topological polar surface area (TPSA) is 88.2 Å². The fourth-order valence-electron chi connectivity index (χ4n) is 2.73. The summed E-state index contributed by atoms with van der Waals surface area (Å²) in [7, 11) is 0. The lowest BCUT2D eigenvalue weighted by molar-refractivity contribution is 0.100. The van der Waals surface area contributed by atoms with E-state index in [2.05, 4.69) is 22.5 Å². The lowest BCUT2D eigenvalue weighted by atomic mass is 10.1. The van der Waals surface area contributed by atoms with Gasteiger partial charge in [0.05, 0.1) is 0 Å². The first kappa shape index (κ1) is 19.9. The Kier molecular flexibility index (Phi) is 6.14. The molecule has 0 spiro atoms. The van der Waals surface area contributed by atoms with Crippen molar-refractivity contribution in [3.63, 3.8) is 0 Å². The van der Waals surface area contributed by atoms with E-state index in [0.29, 0.717) is 22.5 Å². The van der Waals surface area contributed by atoms with Crippen LogP contribution in [0.4, 0.5) is 11.4 Å². The highest BCUT2D eigenvalue weighted by atomic mass is 16.2. The zero-order valence-corrected chi connectivity index (χ0v) is 16.2. The van der Waals surface area contributed by atoms with E-state index in [0.717, 1.165) is 6.42 Å². The maximum absolute atomic E-state index is 12.5. The standard InChI is InChI=1S/C23H21N3O3/c1-3-16-7-9-19(10-8-16)25-23(29)21-14-18(11-12-24-21)22(28)26-20-6-4-5-17(13-20)15(2)27/h4-14H,3H2,1-2H3,(H,25,29)(H,26,28). The molecule has 2 amide bonds. The number of nitrogens with one attached hydrogen (secondary N) is 2. The summed E-state index contributed by atoms with van der Waals surface area (Å²) in [5.74, 6) is -0.882. The van der Waals surface area contributed by atoms with Gasteiger partial charge in [-0.15, -0.1) is 0 Å². The Labute approximate surface area is 169 Å². The number of amides is 2. The smallest absolute Gasteiger partial charge is 0.274 e. The number of Topliss-reactive ketones (excluding diaryl/α,β-unsaturated/α-hetero) is 1. The van der Waals surface area contributed by atoms with E-state index < -0.39 is 11.8 Å². The summed E-state index contributed by atoms with van der Waals surface area (Å²) in [6.07, 6.45) is 2.33. The summed E-state index contributed by atoms with van der Waals surface area (Å²) >= 11 is 0. The number of ketones is 1. The van der Waals surface area contributed by atoms with Gasteiger partial charge in [0.15, 0.2) is 5.78 Å². The number of rotatable bonds is 6. The maximum Gasteiger partial charge on any atom is 0.274 e. The normalized spacial score (nSPS) is 10.3. The largest absolute Gasteiger partial charge is 0.322 e. The van der Waals surface area contributed by atoms with Crippen LogP contribution in [0.25, 0.3) is 0 Å². The molecular weight excluding hydrogens is 366 g/mol. The van der Waals surface area contributed by atoms with E-state index in [1.807, 2.05) is 24.3 Å². The van der Waals surface area contributed by atoms with Crippen molar-refractivity contribution in [2.75, 3.05) is 10.6 Å². The number of pyridine rings is 1. The summed E-state index contributed by atoms with van der Waals surface area (Å²) in [5.41, 5.74) is 3.26. The predicted octanol–water partition coefficient (Wildman–Crippen LogP) is 4.35. The van der Waals surface area contributed by atoms with Gasteiger partial charge in [0, 0.05) is 28.7 Å². The van der Waals surface area contributed by atoms with Crippen molar-refractivity contribution in [1.82, 2.24) is 4.98 Å². The first-order valence-electron chi connectivity index (χ1n) is 9.25. The van der Waals surface area contributed by atoms with Gasteiger partial charge in [-0.05, 0) is 55.3 Å². The van der Waals surface area contributed by atoms with E-state index >= 15 is 0 Å². The number of nitrogens with zero attached hydrogens (tertiary/aromatic N) is 1. The van der Waals surface area contributed by atoms with Crippen LogP contribution in [0.1, 0.15) is 50.6 Å². The minimum absolute atomic E-state index is 0.0871. The third-order valence-electron chi connectivity index (χ3n) is 4.40. The molecule has 6 heteroatoms. The van der Waals surface area contributed by atoms with Gasteiger partial charge < -0.3 is 10.6 Å². The van der Waals surface area contributed by atoms with E-state index in [1.54, 1.807) is 24.3 Å². The van der Waals surface area contributed by atoms with Crippen LogP contribution < -0.4 is 10.6 Å². The Bertz CT molecular complexity index is 1060. The van der Waals surface area contributed by atoms with Crippen molar-refractivity contribution in [2.24, 2.45) is 0 Å². The first-order chi connectivity index (χ1) is 14.0. The number of aryl methyl sites for hydroxylation is 1. The van der Waals surface area contributed by atoms with Gasteiger partial charge in [-0.2, -0.15) is 0 Å². The number of benzene rings is 2. The van der Waals surface area contributed by atoms with Crippen LogP contribution >= 0.6 is 0 Å². The number of anilines is 2. The van der Waals surface area contributed by atoms with Crippen LogP contribution in [0, 0.1) is 0 Å². The summed E-state index contributed by atoms with van der Waals surface area (Å²) in [4.78, 5) is 40.6. The van der Waals surface area contributed by atoms with Crippen LogP contribution in [-0.2, 0) is 6.42 Å². The number of hydrogen-bond acceptors (Lipinski definition) is 4. The third-order valence-corrected chi connectivity index (χ3v) is 4.40. The predicted molar refractivity (Wildman–Crippen MR) is 112 cm³/mol. The molecule has 0 aliphatic rings. The van der Waals surface area contributed by atoms with Crippen LogP contribution in [0.2, 0.25) is 0 Å². The zero-order valence-electron chi connectivity index (χ0n) is 16.2. The van der Waals surface area contributed by atoms with E-state index in [4.69, 9.17) is 0 Å². The van der Waals surface area contributed by atoms with Crippen LogP contribution in [0.15, 0.2) is 66.9 Å². The van der Waals surface area contributed by atoms with Gasteiger partial charge in [-0.25, -0.2) is 0 Å². The second-order valence-electron chi connectivity index (χ2n) is 6.53. The molecule has 0 atom stereocenters. The molecule has 0 radical (unpaired) electrons. The highest BCUT2D eigenvalue weighted by Gasteiger charge is 2.13. The second kappa shape index (κ2) is 8.93. The fourth-order valence-corrected chi connectivity index (χ4v) is 2.73. The van der Waals surface area contributed by atoms with Gasteiger partial charge in [0.2, 0.25) is 0 Å². The van der Waals surface area contributed by atoms with Crippen LogP contribution in [0.3, 0.4) is 0 Å². The molecule has 1 aromatic heterocycles. The van der Waals surface area contributed by atoms with Crippen molar-refractivity contribution >= 4 is 29.0 Å². The summed E-state index contributed by atoms with van der Waals surface area (Å²) in [6, 6.07) is 17.2. The van der Waals surface area contributed by atoms with Gasteiger partial charge >= 0.3 is 0 Å². The highest BCUT2D eigenvalue weighted by molar-refractivity contribution is 6.08. The lowest BCUT2D eigenvalue weighted by Gasteiger charge is -2.08. The van der Waals surface area contributed by atoms with Gasteiger partial charge in [0.25, 0.3) is 11.8 Å². The van der Waals surface area contributed by atoms with Crippen molar-refractivity contribution < 1.29 is 14.4 Å². The minimum atomic E-state index is -0.400. The molecule has 2 aromatic carbocycles. The average molecular weight is 387 g/mol. The molecule has 0 unspecified atom stereocenters. The SMILES string of the molecule is CCc1ccc(NC(=O)c2cc(C(=O)Nc3cccc(C(C)=O)c3)ccn2)cc1. The molecular formula is C23H21N3O3. The van der Waals surface area contributed by atoms with Crippen molar-refractivity contribution in [3.05, 3.63) is 89.2 Å². The molecule has 0 saturated heterocycles. The molecule has 0 fully saturated rings. The van der Waals surface area contributed by atoms with Crippen molar-refractivity contribution in [2.45, 2.75) is 20.3 Å². The van der Waals surface area contributed by atoms with Crippen molar-refractivity contribution in [3.8, 4) is 0 Å². The Morgan fingerprint density at radius 3 is 2.24 bits per heavy atom. The summed E-state index contributed by atoms with van der Waals surface area (Å²) < 4.78 is 0. The quantitative estimate of drug-likeness (QED) is 0.616. The Balaban J connectivity index is 1.72. The Morgan fingerprint density at radius 2 is 1.55 bits per heavy atom. The molecule has 0 saturated carbocycles. The van der Waals surface area contributed by atoms with E-state index in [-0.39, 0.29) is 11.5 Å². The van der Waals surface area contributed by atoms with Gasteiger partial charge in [-0.3, -0.25) is 19.4 Å². The maximum atomic E-state index is 12.5. The van der Waals surface area contributed by atoms with Gasteiger partial charge in [-0.1, -0.05) is 31.2 Å². The third kappa shape index (κ3) is 5.13. The minimum Gasteiger partial charge on any atom is -0.322 e. The summed E-state index contributed by atoms with van der Waals surface area (Å²) in [5, 5.41) is 5.51. The van der Waals surface area contributed by atoms with E-state index in [1.165, 1.54) is 30.8 Å². The Hall–Kier alpha value is -3.80. The molecule has 0 aliphatic carbocycles. The number of hydrogen-bond donors (Lipinski definition) is 2. The molecule has 146 valence electrons. The average Bonchev–Trinajstić information content (AvgIpc) is 2.74. The second-order valence-corrected chi connectivity index (χ2v) is 6.53. The molecule has 1 heterocycles. The fraction of sp³-hybridized carbons (Fsp3) is 0.130. The number of aromatic nitrogens is 1. The molecule has 0 bridgehead atoms. The first-order valence-corrected chi connectivity index (χ1v) is 9.25. The highest BCUT2D eigenvalue weighted by Crippen LogP contribution is 2.14. The van der Waals surface area contributed by atoms with Crippen molar-refractivity contribution in [1.29, 1.82) is 0 Å². The monoisotopic (exact) mass is 387 g/mol. The molecule has 3 rings (SSSR count).